The van der Waals surface area contributed by atoms with Crippen LogP contribution in [0.25, 0.3) is 11.1 Å². The molecule has 2 aromatic rings. The van der Waals surface area contributed by atoms with Crippen molar-refractivity contribution in [2.24, 2.45) is 0 Å². The smallest absolute Gasteiger partial charge is 0.0721 e. The van der Waals surface area contributed by atoms with Gasteiger partial charge in [0.1, 0.15) is 0 Å². The molecule has 0 radical (unpaired) electrons. The number of carbonyl (C=O) groups is 1. The van der Waals surface area contributed by atoms with E-state index in [1.54, 1.807) is 18.2 Å². The normalized spacial score (nSPS) is 10.2. The van der Waals surface area contributed by atoms with E-state index in [4.69, 9.17) is 0 Å². The van der Waals surface area contributed by atoms with Crippen molar-refractivity contribution in [3.63, 3.8) is 0 Å². The van der Waals surface area contributed by atoms with E-state index in [1.165, 1.54) is 0 Å². The van der Waals surface area contributed by atoms with Crippen molar-refractivity contribution in [1.82, 2.24) is 0 Å². The van der Waals surface area contributed by atoms with Crippen LogP contribution in [0.1, 0.15) is 15.9 Å². The molecule has 0 saturated carbocycles. The summed E-state index contributed by atoms with van der Waals surface area (Å²) in [6.07, 6.45) is 0. The van der Waals surface area contributed by atoms with Crippen LogP contribution in [0.15, 0.2) is 48.5 Å². The average molecular weight is 290 g/mol. The van der Waals surface area contributed by atoms with E-state index in [9.17, 15) is 9.90 Å². The van der Waals surface area contributed by atoms with E-state index in [-0.39, 0.29) is 5.56 Å². The van der Waals surface area contributed by atoms with Crippen molar-refractivity contribution in [3.05, 3.63) is 59.7 Å². The molecule has 86 valence electrons. The summed E-state index contributed by atoms with van der Waals surface area (Å²) in [6, 6.07) is 14.6. The molecule has 0 heterocycles. The Bertz CT molecular complexity index is 532. The van der Waals surface area contributed by atoms with E-state index >= 15 is 0 Å². The number of hydrogen-bond acceptors (Lipinski definition) is 2. The molecule has 0 aliphatic carbocycles. The molecular weight excluding hydrogens is 280 g/mol. The first-order valence-electron chi connectivity index (χ1n) is 5.18. The molecule has 2 aromatic carbocycles. The van der Waals surface area contributed by atoms with Crippen molar-refractivity contribution in [2.45, 2.75) is 5.33 Å². The number of halogens is 1. The lowest BCUT2D eigenvalue weighted by Crippen LogP contribution is -2.22. The molecule has 0 N–H and O–H groups in total. The fourth-order valence-electron chi connectivity index (χ4n) is 1.69. The molecule has 0 atom stereocenters. The second-order valence-electron chi connectivity index (χ2n) is 3.66. The fourth-order valence-corrected chi connectivity index (χ4v) is 2.06. The Kier molecular flexibility index (Phi) is 3.59. The summed E-state index contributed by atoms with van der Waals surface area (Å²) >= 11 is 3.37. The second-order valence-corrected chi connectivity index (χ2v) is 4.22. The Morgan fingerprint density at radius 2 is 1.71 bits per heavy atom. The minimum atomic E-state index is -1.15. The van der Waals surface area contributed by atoms with Gasteiger partial charge in [-0.2, -0.15) is 0 Å². The van der Waals surface area contributed by atoms with Gasteiger partial charge in [0.15, 0.2) is 0 Å². The Labute approximate surface area is 108 Å². The number of carboxylic acid groups (broad SMARTS) is 1. The lowest BCUT2D eigenvalue weighted by atomic mass is 9.99. The quantitative estimate of drug-likeness (QED) is 0.815. The molecule has 0 aliphatic heterocycles. The third-order valence-corrected chi connectivity index (χ3v) is 3.21. The molecule has 17 heavy (non-hydrogen) atoms. The van der Waals surface area contributed by atoms with Gasteiger partial charge in [0.25, 0.3) is 0 Å². The van der Waals surface area contributed by atoms with Crippen LogP contribution >= 0.6 is 15.9 Å². The predicted molar refractivity (Wildman–Crippen MR) is 68.8 cm³/mol. The van der Waals surface area contributed by atoms with Crippen molar-refractivity contribution in [3.8, 4) is 11.1 Å². The number of hydrogen-bond donors (Lipinski definition) is 0. The molecule has 3 heteroatoms. The second kappa shape index (κ2) is 5.15. The Balaban J connectivity index is 2.48. The Hall–Kier alpha value is -1.61. The summed E-state index contributed by atoms with van der Waals surface area (Å²) in [7, 11) is 0. The number of benzene rings is 2. The first kappa shape index (κ1) is 11.9. The minimum absolute atomic E-state index is 0.221. The van der Waals surface area contributed by atoms with Crippen LogP contribution in [-0.4, -0.2) is 5.97 Å². The highest BCUT2D eigenvalue weighted by atomic mass is 79.9. The molecule has 0 bridgehead atoms. The number of alkyl halides is 1. The molecule has 2 nitrogen and oxygen atoms in total. The molecule has 0 fully saturated rings. The van der Waals surface area contributed by atoms with Gasteiger partial charge in [-0.15, -0.1) is 0 Å². The molecule has 0 aromatic heterocycles. The lowest BCUT2D eigenvalue weighted by Gasteiger charge is -2.10. The molecule has 0 amide bonds. The van der Waals surface area contributed by atoms with Crippen molar-refractivity contribution in [1.29, 1.82) is 0 Å². The fraction of sp³-hybridized carbons (Fsp3) is 0.0714. The zero-order valence-electron chi connectivity index (χ0n) is 9.02. The van der Waals surface area contributed by atoms with Gasteiger partial charge in [0.2, 0.25) is 0 Å². The van der Waals surface area contributed by atoms with E-state index in [1.807, 2.05) is 30.3 Å². The SMILES string of the molecule is O=C([O-])c1ccccc1-c1ccc(CBr)cc1. The first-order chi connectivity index (χ1) is 8.22. The number of carbonyl (C=O) groups excluding carboxylic acids is 1. The largest absolute Gasteiger partial charge is 0.545 e. The zero-order chi connectivity index (χ0) is 12.3. The summed E-state index contributed by atoms with van der Waals surface area (Å²) in [5, 5.41) is 11.8. The molecule has 0 saturated heterocycles. The van der Waals surface area contributed by atoms with Crippen LogP contribution < -0.4 is 5.11 Å². The molecule has 0 spiro atoms. The highest BCUT2D eigenvalue weighted by Gasteiger charge is 2.04. The van der Waals surface area contributed by atoms with Gasteiger partial charge in [-0.1, -0.05) is 64.5 Å². The van der Waals surface area contributed by atoms with E-state index < -0.39 is 5.97 Å². The number of aromatic carboxylic acids is 1. The third-order valence-electron chi connectivity index (χ3n) is 2.57. The predicted octanol–water partition coefficient (Wildman–Crippen LogP) is 2.61. The van der Waals surface area contributed by atoms with Crippen LogP contribution in [0.2, 0.25) is 0 Å². The maximum atomic E-state index is 11.0. The molecule has 2 rings (SSSR count). The lowest BCUT2D eigenvalue weighted by molar-refractivity contribution is -0.254. The van der Waals surface area contributed by atoms with Gasteiger partial charge >= 0.3 is 0 Å². The van der Waals surface area contributed by atoms with E-state index in [0.29, 0.717) is 5.56 Å². The van der Waals surface area contributed by atoms with Crippen LogP contribution in [0.5, 0.6) is 0 Å². The number of rotatable bonds is 3. The monoisotopic (exact) mass is 289 g/mol. The average Bonchev–Trinajstić information content (AvgIpc) is 2.39. The van der Waals surface area contributed by atoms with Crippen LogP contribution in [0, 0.1) is 0 Å². The molecule has 0 unspecified atom stereocenters. The van der Waals surface area contributed by atoms with Gasteiger partial charge in [0, 0.05) is 10.9 Å². The van der Waals surface area contributed by atoms with E-state index in [2.05, 4.69) is 15.9 Å². The first-order valence-corrected chi connectivity index (χ1v) is 6.30. The van der Waals surface area contributed by atoms with Gasteiger partial charge in [-0.3, -0.25) is 0 Å². The molecule has 0 aliphatic rings. The summed E-state index contributed by atoms with van der Waals surface area (Å²) in [4.78, 5) is 11.0. The summed E-state index contributed by atoms with van der Waals surface area (Å²) < 4.78 is 0. The van der Waals surface area contributed by atoms with Crippen LogP contribution in [0.4, 0.5) is 0 Å². The van der Waals surface area contributed by atoms with Crippen LogP contribution in [-0.2, 0) is 5.33 Å². The zero-order valence-corrected chi connectivity index (χ0v) is 10.6. The highest BCUT2D eigenvalue weighted by molar-refractivity contribution is 9.08. The van der Waals surface area contributed by atoms with Gasteiger partial charge in [-0.25, -0.2) is 0 Å². The minimum Gasteiger partial charge on any atom is -0.545 e. The van der Waals surface area contributed by atoms with Crippen molar-refractivity contribution in [2.75, 3.05) is 0 Å². The maximum absolute atomic E-state index is 11.0. The highest BCUT2D eigenvalue weighted by Crippen LogP contribution is 2.24. The van der Waals surface area contributed by atoms with E-state index in [0.717, 1.165) is 16.5 Å². The van der Waals surface area contributed by atoms with Gasteiger partial charge in [-0.05, 0) is 16.7 Å². The number of carboxylic acids is 1. The van der Waals surface area contributed by atoms with Gasteiger partial charge in [0.05, 0.1) is 5.97 Å². The third kappa shape index (κ3) is 2.56. The Morgan fingerprint density at radius 1 is 1.06 bits per heavy atom. The maximum Gasteiger partial charge on any atom is 0.0721 e. The van der Waals surface area contributed by atoms with Gasteiger partial charge < -0.3 is 9.90 Å². The molecular formula is C14H10BrO2-. The topological polar surface area (TPSA) is 40.1 Å². The van der Waals surface area contributed by atoms with Crippen molar-refractivity contribution >= 4 is 21.9 Å². The van der Waals surface area contributed by atoms with Crippen LogP contribution in [0.3, 0.4) is 0 Å². The summed E-state index contributed by atoms with van der Waals surface area (Å²) in [5.74, 6) is -1.15. The summed E-state index contributed by atoms with van der Waals surface area (Å²) in [5.41, 5.74) is 2.95. The Morgan fingerprint density at radius 3 is 2.29 bits per heavy atom. The standard InChI is InChI=1S/C14H11BrO2/c15-9-10-5-7-11(8-6-10)12-3-1-2-4-13(12)14(16)17/h1-8H,9H2,(H,16,17)/p-1. The van der Waals surface area contributed by atoms with Crippen molar-refractivity contribution < 1.29 is 9.90 Å². The summed E-state index contributed by atoms with van der Waals surface area (Å²) in [6.45, 7) is 0.